The molecule has 0 bridgehead atoms. The highest BCUT2D eigenvalue weighted by Gasteiger charge is 1.91. The second kappa shape index (κ2) is 6.24. The normalized spacial score (nSPS) is 8.71. The Balaban J connectivity index is 0.000000461. The lowest BCUT2D eigenvalue weighted by Gasteiger charge is -1.98. The molecule has 0 radical (unpaired) electrons. The van der Waals surface area contributed by atoms with Gasteiger partial charge in [-0.1, -0.05) is 60.7 Å². The predicted octanol–water partition coefficient (Wildman–Crippen LogP) is 3.74. The first-order valence-electron chi connectivity index (χ1n) is 4.27. The molecule has 0 saturated carbocycles. The predicted molar refractivity (Wildman–Crippen MR) is 63.5 cm³/mol. The van der Waals surface area contributed by atoms with Gasteiger partial charge in [0.05, 0.1) is 0 Å². The Morgan fingerprint density at radius 1 is 0.571 bits per heavy atom. The largest absolute Gasteiger partial charge is 0.333 e. The van der Waals surface area contributed by atoms with E-state index in [0.717, 1.165) is 0 Å². The van der Waals surface area contributed by atoms with Crippen LogP contribution in [0.25, 0.3) is 11.1 Å². The monoisotopic (exact) mass is 204 g/mol. The molecule has 0 aromatic heterocycles. The summed E-state index contributed by atoms with van der Waals surface area (Å²) >= 11 is 2.53. The summed E-state index contributed by atoms with van der Waals surface area (Å²) in [4.78, 5) is 0. The molecule has 72 valence electrons. The van der Waals surface area contributed by atoms with E-state index < -0.39 is 0 Å². The fourth-order valence-corrected chi connectivity index (χ4v) is 1.26. The molecule has 0 spiro atoms. The molecule has 0 aliphatic carbocycles. The van der Waals surface area contributed by atoms with Crippen LogP contribution in [-0.4, -0.2) is 4.55 Å². The second-order valence-corrected chi connectivity index (χ2v) is 2.73. The van der Waals surface area contributed by atoms with Crippen LogP contribution in [0.3, 0.4) is 0 Å². The van der Waals surface area contributed by atoms with E-state index in [1.54, 1.807) is 0 Å². The molecule has 1 nitrogen and oxygen atoms in total. The molecular formula is C12H12OS. The summed E-state index contributed by atoms with van der Waals surface area (Å²) in [5, 5.41) is 0. The lowest BCUT2D eigenvalue weighted by atomic mass is 10.1. The molecule has 0 aliphatic heterocycles. The molecule has 2 heteroatoms. The van der Waals surface area contributed by atoms with Gasteiger partial charge in [0.1, 0.15) is 0 Å². The van der Waals surface area contributed by atoms with Crippen molar-refractivity contribution in [3.05, 3.63) is 60.7 Å². The maximum Gasteiger partial charge on any atom is -0.0184 e. The van der Waals surface area contributed by atoms with Crippen molar-refractivity contribution in [2.45, 2.75) is 0 Å². The van der Waals surface area contributed by atoms with Crippen molar-refractivity contribution in [1.82, 2.24) is 0 Å². The van der Waals surface area contributed by atoms with Crippen molar-refractivity contribution in [1.29, 1.82) is 0 Å². The summed E-state index contributed by atoms with van der Waals surface area (Å²) in [6.07, 6.45) is 0. The lowest BCUT2D eigenvalue weighted by Crippen LogP contribution is -1.73. The summed E-state index contributed by atoms with van der Waals surface area (Å²) in [6, 6.07) is 20.8. The van der Waals surface area contributed by atoms with Gasteiger partial charge in [0.25, 0.3) is 0 Å². The molecule has 0 heterocycles. The minimum atomic E-state index is 1.28. The summed E-state index contributed by atoms with van der Waals surface area (Å²) < 4.78 is 6.69. The van der Waals surface area contributed by atoms with Crippen LogP contribution < -0.4 is 0 Å². The fraction of sp³-hybridized carbons (Fsp3) is 0. The van der Waals surface area contributed by atoms with E-state index in [9.17, 15) is 0 Å². The zero-order valence-electron chi connectivity index (χ0n) is 7.67. The number of hydrogen-bond acceptors (Lipinski definition) is 2. The summed E-state index contributed by atoms with van der Waals surface area (Å²) in [7, 11) is 0. The van der Waals surface area contributed by atoms with Crippen molar-refractivity contribution in [2.24, 2.45) is 0 Å². The van der Waals surface area contributed by atoms with Crippen molar-refractivity contribution in [3.63, 3.8) is 0 Å². The van der Waals surface area contributed by atoms with E-state index in [-0.39, 0.29) is 0 Å². The lowest BCUT2D eigenvalue weighted by molar-refractivity contribution is 0.679. The van der Waals surface area contributed by atoms with Crippen LogP contribution in [0.4, 0.5) is 0 Å². The van der Waals surface area contributed by atoms with Gasteiger partial charge in [-0.15, -0.1) is 0 Å². The van der Waals surface area contributed by atoms with E-state index in [1.807, 2.05) is 12.1 Å². The molecule has 0 saturated heterocycles. The van der Waals surface area contributed by atoms with Crippen LogP contribution >= 0.6 is 12.9 Å². The molecule has 1 N–H and O–H groups in total. The zero-order valence-corrected chi connectivity index (χ0v) is 8.56. The Labute approximate surface area is 89.7 Å². The van der Waals surface area contributed by atoms with E-state index >= 15 is 0 Å². The van der Waals surface area contributed by atoms with Gasteiger partial charge in [0.2, 0.25) is 0 Å². The van der Waals surface area contributed by atoms with Gasteiger partial charge in [-0.25, -0.2) is 0 Å². The summed E-state index contributed by atoms with van der Waals surface area (Å²) in [5.41, 5.74) is 2.55. The van der Waals surface area contributed by atoms with E-state index in [0.29, 0.717) is 0 Å². The molecular weight excluding hydrogens is 192 g/mol. The molecule has 0 fully saturated rings. The third-order valence-corrected chi connectivity index (χ3v) is 1.88. The number of rotatable bonds is 1. The number of benzene rings is 2. The third kappa shape index (κ3) is 2.91. The Morgan fingerprint density at radius 2 is 0.857 bits per heavy atom. The Bertz CT molecular complexity index is 308. The molecule has 14 heavy (non-hydrogen) atoms. The highest BCUT2D eigenvalue weighted by Crippen LogP contribution is 2.17. The molecule has 0 atom stereocenters. The maximum atomic E-state index is 6.69. The standard InChI is InChI=1S/C12H10.H2OS/c1-3-7-11(8-4-1)12-9-5-2-6-10-12;1-2/h1-10H;1-2H. The minimum Gasteiger partial charge on any atom is -0.333 e. The average Bonchev–Trinajstić information content (AvgIpc) is 2.34. The van der Waals surface area contributed by atoms with Gasteiger partial charge in [-0.2, -0.15) is 0 Å². The van der Waals surface area contributed by atoms with E-state index in [4.69, 9.17) is 4.55 Å². The van der Waals surface area contributed by atoms with Crippen LogP contribution in [-0.2, 0) is 0 Å². The van der Waals surface area contributed by atoms with Gasteiger partial charge in [0.15, 0.2) is 0 Å². The molecule has 0 unspecified atom stereocenters. The SMILES string of the molecule is OS.c1ccc(-c2ccccc2)cc1. The van der Waals surface area contributed by atoms with Gasteiger partial charge in [-0.3, -0.25) is 0 Å². The molecule has 2 rings (SSSR count). The third-order valence-electron chi connectivity index (χ3n) is 1.88. The maximum absolute atomic E-state index is 6.69. The zero-order chi connectivity index (χ0) is 10.2. The Morgan fingerprint density at radius 3 is 1.14 bits per heavy atom. The highest BCUT2D eigenvalue weighted by molar-refractivity contribution is 7.74. The fourth-order valence-electron chi connectivity index (χ4n) is 1.26. The van der Waals surface area contributed by atoms with Crippen LogP contribution in [0.1, 0.15) is 0 Å². The quantitative estimate of drug-likeness (QED) is 0.535. The number of thiol groups is 1. The second-order valence-electron chi connectivity index (χ2n) is 2.73. The topological polar surface area (TPSA) is 20.2 Å². The Hall–Kier alpha value is -1.25. The van der Waals surface area contributed by atoms with Crippen LogP contribution in [0.15, 0.2) is 60.7 Å². The average molecular weight is 204 g/mol. The molecule has 0 aliphatic rings. The smallest absolute Gasteiger partial charge is 0.0184 e. The van der Waals surface area contributed by atoms with Crippen LogP contribution in [0, 0.1) is 0 Å². The molecule has 2 aromatic carbocycles. The van der Waals surface area contributed by atoms with Crippen molar-refractivity contribution in [3.8, 4) is 11.1 Å². The van der Waals surface area contributed by atoms with E-state index in [1.165, 1.54) is 11.1 Å². The Kier molecular flexibility index (Phi) is 4.83. The first-order chi connectivity index (χ1) is 6.97. The van der Waals surface area contributed by atoms with Crippen LogP contribution in [0.5, 0.6) is 0 Å². The van der Waals surface area contributed by atoms with Crippen molar-refractivity contribution < 1.29 is 4.55 Å². The van der Waals surface area contributed by atoms with Gasteiger partial charge < -0.3 is 4.55 Å². The van der Waals surface area contributed by atoms with Gasteiger partial charge in [-0.05, 0) is 24.0 Å². The minimum absolute atomic E-state index is 1.28. The van der Waals surface area contributed by atoms with E-state index in [2.05, 4.69) is 61.4 Å². The van der Waals surface area contributed by atoms with Crippen molar-refractivity contribution in [2.75, 3.05) is 0 Å². The summed E-state index contributed by atoms with van der Waals surface area (Å²) in [5.74, 6) is 0. The van der Waals surface area contributed by atoms with Crippen molar-refractivity contribution >= 4 is 12.9 Å². The number of hydrogen-bond donors (Lipinski definition) is 2. The van der Waals surface area contributed by atoms with Crippen LogP contribution in [0.2, 0.25) is 0 Å². The molecule has 2 aromatic rings. The first-order valence-corrected chi connectivity index (χ1v) is 4.67. The first kappa shape index (κ1) is 10.8. The van der Waals surface area contributed by atoms with Gasteiger partial charge in [0, 0.05) is 0 Å². The summed E-state index contributed by atoms with van der Waals surface area (Å²) in [6.45, 7) is 0. The molecule has 0 amide bonds. The van der Waals surface area contributed by atoms with Gasteiger partial charge >= 0.3 is 0 Å². The highest BCUT2D eigenvalue weighted by atomic mass is 32.1.